The van der Waals surface area contributed by atoms with Crippen LogP contribution in [0.25, 0.3) is 10.2 Å². The zero-order valence-corrected chi connectivity index (χ0v) is 14.1. The van der Waals surface area contributed by atoms with Gasteiger partial charge in [-0.1, -0.05) is 12.1 Å². The largest absolute Gasteiger partial charge is 0.417 e. The highest BCUT2D eigenvalue weighted by atomic mass is 32.1. The number of piperidine rings is 1. The molecule has 0 spiro atoms. The predicted octanol–water partition coefficient (Wildman–Crippen LogP) is 5.09. The fourth-order valence-corrected chi connectivity index (χ4v) is 4.30. The molecule has 4 rings (SSSR count). The minimum Gasteiger partial charge on any atom is -0.357 e. The number of halogens is 3. The zero-order valence-electron chi connectivity index (χ0n) is 13.3. The van der Waals surface area contributed by atoms with Crippen LogP contribution in [0.3, 0.4) is 0 Å². The van der Waals surface area contributed by atoms with Crippen LogP contribution < -0.4 is 4.90 Å². The first-order chi connectivity index (χ1) is 12.0. The number of para-hydroxylation sites is 1. The van der Waals surface area contributed by atoms with Crippen molar-refractivity contribution in [2.75, 3.05) is 18.0 Å². The Balaban J connectivity index is 1.44. The van der Waals surface area contributed by atoms with Crippen molar-refractivity contribution >= 4 is 27.4 Å². The SMILES string of the molecule is FC(F)(F)c1ccc(N2CCC(c3nc4ccccc4s3)CC2)nc1. The van der Waals surface area contributed by atoms with Crippen LogP contribution in [0.4, 0.5) is 19.0 Å². The molecule has 1 aliphatic rings. The van der Waals surface area contributed by atoms with Gasteiger partial charge in [-0.25, -0.2) is 9.97 Å². The molecule has 1 fully saturated rings. The number of rotatable bonds is 2. The van der Waals surface area contributed by atoms with Gasteiger partial charge in [-0.3, -0.25) is 0 Å². The normalized spacial score (nSPS) is 16.5. The molecule has 2 aromatic heterocycles. The molecule has 7 heteroatoms. The van der Waals surface area contributed by atoms with Crippen LogP contribution in [-0.4, -0.2) is 23.1 Å². The molecule has 0 aliphatic carbocycles. The maximum Gasteiger partial charge on any atom is 0.417 e. The summed E-state index contributed by atoms with van der Waals surface area (Å²) in [6, 6.07) is 10.7. The Labute approximate surface area is 147 Å². The molecule has 0 saturated carbocycles. The lowest BCUT2D eigenvalue weighted by Crippen LogP contribution is -2.33. The number of aromatic nitrogens is 2. The molecule has 1 aromatic carbocycles. The van der Waals surface area contributed by atoms with E-state index >= 15 is 0 Å². The molecular formula is C18H16F3N3S. The molecule has 3 aromatic rings. The number of fused-ring (bicyclic) bond motifs is 1. The van der Waals surface area contributed by atoms with Crippen molar-refractivity contribution in [3.63, 3.8) is 0 Å². The fourth-order valence-electron chi connectivity index (χ4n) is 3.16. The van der Waals surface area contributed by atoms with Crippen molar-refractivity contribution in [3.05, 3.63) is 53.2 Å². The summed E-state index contributed by atoms with van der Waals surface area (Å²) < 4.78 is 39.1. The van der Waals surface area contributed by atoms with Crippen molar-refractivity contribution in [1.29, 1.82) is 0 Å². The van der Waals surface area contributed by atoms with Crippen LogP contribution in [0.1, 0.15) is 29.3 Å². The van der Waals surface area contributed by atoms with Gasteiger partial charge in [-0.05, 0) is 37.1 Å². The summed E-state index contributed by atoms with van der Waals surface area (Å²) in [5.41, 5.74) is 0.329. The Hall–Kier alpha value is -2.15. The topological polar surface area (TPSA) is 29.0 Å². The molecule has 25 heavy (non-hydrogen) atoms. The van der Waals surface area contributed by atoms with Gasteiger partial charge in [0.05, 0.1) is 20.8 Å². The number of nitrogens with zero attached hydrogens (tertiary/aromatic N) is 3. The lowest BCUT2D eigenvalue weighted by Gasteiger charge is -2.32. The van der Waals surface area contributed by atoms with Gasteiger partial charge < -0.3 is 4.90 Å². The van der Waals surface area contributed by atoms with E-state index in [2.05, 4.69) is 11.1 Å². The van der Waals surface area contributed by atoms with Crippen LogP contribution in [0.2, 0.25) is 0 Å². The molecule has 0 N–H and O–H groups in total. The van der Waals surface area contributed by atoms with Crippen LogP contribution in [0.15, 0.2) is 42.6 Å². The fraction of sp³-hybridized carbons (Fsp3) is 0.333. The number of benzene rings is 1. The van der Waals surface area contributed by atoms with Gasteiger partial charge in [-0.2, -0.15) is 13.2 Å². The van der Waals surface area contributed by atoms with Crippen molar-refractivity contribution in [1.82, 2.24) is 9.97 Å². The van der Waals surface area contributed by atoms with E-state index in [4.69, 9.17) is 4.98 Å². The first kappa shape index (κ1) is 16.3. The lowest BCUT2D eigenvalue weighted by molar-refractivity contribution is -0.137. The van der Waals surface area contributed by atoms with Gasteiger partial charge in [0.2, 0.25) is 0 Å². The summed E-state index contributed by atoms with van der Waals surface area (Å²) in [5.74, 6) is 1.01. The third-order valence-electron chi connectivity index (χ3n) is 4.55. The molecule has 0 bridgehead atoms. The van der Waals surface area contributed by atoms with E-state index in [9.17, 15) is 13.2 Å². The van der Waals surface area contributed by atoms with E-state index in [1.165, 1.54) is 10.8 Å². The zero-order chi connectivity index (χ0) is 17.4. The quantitative estimate of drug-likeness (QED) is 0.635. The van der Waals surface area contributed by atoms with E-state index in [1.807, 2.05) is 23.1 Å². The molecule has 0 amide bonds. The van der Waals surface area contributed by atoms with Crippen LogP contribution in [0, 0.1) is 0 Å². The minimum atomic E-state index is -4.34. The Bertz CT molecular complexity index is 832. The van der Waals surface area contributed by atoms with Gasteiger partial charge in [0.25, 0.3) is 0 Å². The van der Waals surface area contributed by atoms with Crippen molar-refractivity contribution in [3.8, 4) is 0 Å². The number of thiazole rings is 1. The molecule has 0 unspecified atom stereocenters. The maximum atomic E-state index is 12.6. The average molecular weight is 363 g/mol. The molecule has 130 valence electrons. The Kier molecular flexibility index (Phi) is 4.11. The smallest absolute Gasteiger partial charge is 0.357 e. The van der Waals surface area contributed by atoms with Gasteiger partial charge in [0, 0.05) is 25.2 Å². The van der Waals surface area contributed by atoms with E-state index in [0.29, 0.717) is 11.7 Å². The summed E-state index contributed by atoms with van der Waals surface area (Å²) in [4.78, 5) is 10.8. The van der Waals surface area contributed by atoms with E-state index in [0.717, 1.165) is 48.7 Å². The molecule has 3 nitrogen and oxygen atoms in total. The molecular weight excluding hydrogens is 347 g/mol. The molecule has 0 radical (unpaired) electrons. The van der Waals surface area contributed by atoms with Gasteiger partial charge in [0.1, 0.15) is 5.82 Å². The Morgan fingerprint density at radius 1 is 1.04 bits per heavy atom. The second kappa shape index (κ2) is 6.29. The van der Waals surface area contributed by atoms with Crippen LogP contribution in [-0.2, 0) is 6.18 Å². The summed E-state index contributed by atoms with van der Waals surface area (Å²) >= 11 is 1.74. The highest BCUT2D eigenvalue weighted by molar-refractivity contribution is 7.18. The summed E-state index contributed by atoms with van der Waals surface area (Å²) in [6.07, 6.45) is -1.56. The summed E-state index contributed by atoms with van der Waals surface area (Å²) in [6.45, 7) is 1.55. The number of hydrogen-bond acceptors (Lipinski definition) is 4. The lowest BCUT2D eigenvalue weighted by atomic mass is 9.97. The second-order valence-corrected chi connectivity index (χ2v) is 7.25. The van der Waals surface area contributed by atoms with Crippen molar-refractivity contribution < 1.29 is 13.2 Å². The van der Waals surface area contributed by atoms with Gasteiger partial charge >= 0.3 is 6.18 Å². The third-order valence-corrected chi connectivity index (χ3v) is 5.75. The van der Waals surface area contributed by atoms with E-state index < -0.39 is 11.7 Å². The molecule has 1 saturated heterocycles. The van der Waals surface area contributed by atoms with Crippen molar-refractivity contribution in [2.45, 2.75) is 24.9 Å². The summed E-state index contributed by atoms with van der Waals surface area (Å²) in [7, 11) is 0. The van der Waals surface area contributed by atoms with Gasteiger partial charge in [-0.15, -0.1) is 11.3 Å². The highest BCUT2D eigenvalue weighted by Crippen LogP contribution is 2.35. The predicted molar refractivity (Wildman–Crippen MR) is 93.0 cm³/mol. The minimum absolute atomic E-state index is 0.406. The highest BCUT2D eigenvalue weighted by Gasteiger charge is 2.31. The third kappa shape index (κ3) is 3.33. The van der Waals surface area contributed by atoms with Crippen LogP contribution >= 0.6 is 11.3 Å². The van der Waals surface area contributed by atoms with E-state index in [1.54, 1.807) is 11.3 Å². The Morgan fingerprint density at radius 3 is 2.44 bits per heavy atom. The monoisotopic (exact) mass is 363 g/mol. The first-order valence-electron chi connectivity index (χ1n) is 8.14. The summed E-state index contributed by atoms with van der Waals surface area (Å²) in [5, 5.41) is 1.15. The van der Waals surface area contributed by atoms with E-state index in [-0.39, 0.29) is 0 Å². The Morgan fingerprint density at radius 2 is 1.80 bits per heavy atom. The first-order valence-corrected chi connectivity index (χ1v) is 8.96. The molecule has 0 atom stereocenters. The van der Waals surface area contributed by atoms with Crippen LogP contribution in [0.5, 0.6) is 0 Å². The number of alkyl halides is 3. The number of hydrogen-bond donors (Lipinski definition) is 0. The standard InChI is InChI=1S/C18H16F3N3S/c19-18(20,21)13-5-6-16(22-11-13)24-9-7-12(8-10-24)17-23-14-3-1-2-4-15(14)25-17/h1-6,11-12H,7-10H2. The van der Waals surface area contributed by atoms with Gasteiger partial charge in [0.15, 0.2) is 0 Å². The molecule has 3 heterocycles. The average Bonchev–Trinajstić information content (AvgIpc) is 3.05. The maximum absolute atomic E-state index is 12.6. The molecule has 1 aliphatic heterocycles. The number of pyridine rings is 1. The second-order valence-electron chi connectivity index (χ2n) is 6.18. The van der Waals surface area contributed by atoms with Crippen molar-refractivity contribution in [2.24, 2.45) is 0 Å². The number of anilines is 1.